The summed E-state index contributed by atoms with van der Waals surface area (Å²) >= 11 is 6.52. The van der Waals surface area contributed by atoms with Crippen LogP contribution < -0.4 is 10.1 Å². The van der Waals surface area contributed by atoms with Gasteiger partial charge in [-0.2, -0.15) is 0 Å². The Morgan fingerprint density at radius 3 is 2.52 bits per heavy atom. The second-order valence-corrected chi connectivity index (χ2v) is 7.94. The van der Waals surface area contributed by atoms with Gasteiger partial charge in [-0.1, -0.05) is 72.3 Å². The number of hydrogen-bond acceptors (Lipinski definition) is 5. The standard InChI is InChI=1S/C26H24ClN3O3/c1-17-9-6-7-12-19(17)21(15-28-26(31)33-16-18-10-4-3-5-11-18)25-29-23-20(24(27)30-25)13-8-14-22(23)32-2/h3-14,21H,15-16H2,1-2H3,(H,28,31). The number of amides is 1. The number of rotatable bonds is 7. The van der Waals surface area contributed by atoms with Crippen LogP contribution in [-0.2, 0) is 11.3 Å². The lowest BCUT2D eigenvalue weighted by atomic mass is 9.93. The molecule has 7 heteroatoms. The van der Waals surface area contributed by atoms with Gasteiger partial charge in [-0.25, -0.2) is 14.8 Å². The third kappa shape index (κ3) is 5.23. The summed E-state index contributed by atoms with van der Waals surface area (Å²) in [5.74, 6) is 0.772. The van der Waals surface area contributed by atoms with E-state index in [1.54, 1.807) is 7.11 Å². The molecule has 1 atom stereocenters. The minimum atomic E-state index is -0.512. The van der Waals surface area contributed by atoms with Gasteiger partial charge < -0.3 is 14.8 Å². The number of para-hydroxylation sites is 1. The molecule has 0 bridgehead atoms. The molecule has 0 radical (unpaired) electrons. The van der Waals surface area contributed by atoms with Crippen molar-refractivity contribution in [2.75, 3.05) is 13.7 Å². The summed E-state index contributed by atoms with van der Waals surface area (Å²) in [6, 6.07) is 23.0. The largest absolute Gasteiger partial charge is 0.494 e. The van der Waals surface area contributed by atoms with Gasteiger partial charge in [0.1, 0.15) is 28.9 Å². The Kier molecular flexibility index (Phi) is 7.05. The summed E-state index contributed by atoms with van der Waals surface area (Å²) in [4.78, 5) is 21.8. The Morgan fingerprint density at radius 1 is 1.00 bits per heavy atom. The van der Waals surface area contributed by atoms with Crippen LogP contribution in [0.15, 0.2) is 72.8 Å². The highest BCUT2D eigenvalue weighted by atomic mass is 35.5. The molecule has 168 valence electrons. The Balaban J connectivity index is 1.62. The first kappa shape index (κ1) is 22.6. The van der Waals surface area contributed by atoms with E-state index < -0.39 is 6.09 Å². The summed E-state index contributed by atoms with van der Waals surface area (Å²) in [7, 11) is 1.59. The monoisotopic (exact) mass is 461 g/mol. The number of aryl methyl sites for hydroxylation is 1. The lowest BCUT2D eigenvalue weighted by Gasteiger charge is -2.20. The van der Waals surface area contributed by atoms with Crippen molar-refractivity contribution in [1.29, 1.82) is 0 Å². The van der Waals surface area contributed by atoms with Crippen LogP contribution in [0.3, 0.4) is 0 Å². The first-order valence-corrected chi connectivity index (χ1v) is 10.9. The molecule has 0 saturated carbocycles. The molecule has 1 heterocycles. The van der Waals surface area contributed by atoms with Crippen molar-refractivity contribution in [3.8, 4) is 5.75 Å². The number of alkyl carbamates (subject to hydrolysis) is 1. The van der Waals surface area contributed by atoms with Crippen LogP contribution in [0.2, 0.25) is 5.15 Å². The number of nitrogens with zero attached hydrogens (tertiary/aromatic N) is 2. The molecule has 0 aliphatic heterocycles. The fraction of sp³-hybridized carbons (Fsp3) is 0.192. The summed E-state index contributed by atoms with van der Waals surface area (Å²) < 4.78 is 10.9. The van der Waals surface area contributed by atoms with Crippen LogP contribution in [0.5, 0.6) is 5.75 Å². The van der Waals surface area contributed by atoms with E-state index in [1.165, 1.54) is 0 Å². The smallest absolute Gasteiger partial charge is 0.407 e. The van der Waals surface area contributed by atoms with E-state index in [9.17, 15) is 4.79 Å². The predicted molar refractivity (Wildman–Crippen MR) is 129 cm³/mol. The number of carbonyl (C=O) groups excluding carboxylic acids is 1. The normalized spacial score (nSPS) is 11.7. The fourth-order valence-electron chi connectivity index (χ4n) is 3.70. The molecule has 33 heavy (non-hydrogen) atoms. The maximum atomic E-state index is 12.4. The van der Waals surface area contributed by atoms with Crippen LogP contribution in [-0.4, -0.2) is 29.7 Å². The Hall–Kier alpha value is -3.64. The van der Waals surface area contributed by atoms with Crippen molar-refractivity contribution in [3.05, 3.63) is 100 Å². The van der Waals surface area contributed by atoms with Crippen molar-refractivity contribution >= 4 is 28.6 Å². The molecule has 3 aromatic carbocycles. The Labute approximate surface area is 197 Å². The van der Waals surface area contributed by atoms with Crippen molar-refractivity contribution in [1.82, 2.24) is 15.3 Å². The molecular formula is C26H24ClN3O3. The van der Waals surface area contributed by atoms with Crippen molar-refractivity contribution in [3.63, 3.8) is 0 Å². The van der Waals surface area contributed by atoms with E-state index in [0.717, 1.165) is 16.7 Å². The topological polar surface area (TPSA) is 73.3 Å². The number of aromatic nitrogens is 2. The summed E-state index contributed by atoms with van der Waals surface area (Å²) in [5.41, 5.74) is 3.59. The van der Waals surface area contributed by atoms with E-state index in [4.69, 9.17) is 26.1 Å². The third-order valence-electron chi connectivity index (χ3n) is 5.42. The van der Waals surface area contributed by atoms with Gasteiger partial charge in [0.25, 0.3) is 0 Å². The van der Waals surface area contributed by atoms with Crippen molar-refractivity contribution in [2.24, 2.45) is 0 Å². The zero-order chi connectivity index (χ0) is 23.2. The minimum Gasteiger partial charge on any atom is -0.494 e. The lowest BCUT2D eigenvalue weighted by molar-refractivity contribution is 0.139. The van der Waals surface area contributed by atoms with E-state index in [0.29, 0.717) is 27.6 Å². The molecule has 1 amide bonds. The first-order chi connectivity index (χ1) is 16.1. The van der Waals surface area contributed by atoms with Crippen LogP contribution in [0, 0.1) is 6.92 Å². The number of fused-ring (bicyclic) bond motifs is 1. The van der Waals surface area contributed by atoms with E-state index in [-0.39, 0.29) is 19.1 Å². The van der Waals surface area contributed by atoms with Gasteiger partial charge in [0.05, 0.1) is 13.0 Å². The second-order valence-electron chi connectivity index (χ2n) is 7.58. The van der Waals surface area contributed by atoms with E-state index in [1.807, 2.05) is 79.7 Å². The number of nitrogens with one attached hydrogen (secondary N) is 1. The maximum absolute atomic E-state index is 12.4. The summed E-state index contributed by atoms with van der Waals surface area (Å²) in [5, 5.41) is 3.90. The quantitative estimate of drug-likeness (QED) is 0.359. The highest BCUT2D eigenvalue weighted by molar-refractivity contribution is 6.34. The van der Waals surface area contributed by atoms with E-state index in [2.05, 4.69) is 10.3 Å². The van der Waals surface area contributed by atoms with Crippen molar-refractivity contribution < 1.29 is 14.3 Å². The van der Waals surface area contributed by atoms with Crippen LogP contribution in [0.1, 0.15) is 28.4 Å². The van der Waals surface area contributed by atoms with Gasteiger partial charge in [-0.15, -0.1) is 0 Å². The third-order valence-corrected chi connectivity index (χ3v) is 5.71. The molecule has 4 aromatic rings. The SMILES string of the molecule is COc1cccc2c(Cl)nc(C(CNC(=O)OCc3ccccc3)c3ccccc3C)nc12. The molecule has 0 saturated heterocycles. The molecule has 0 aliphatic carbocycles. The maximum Gasteiger partial charge on any atom is 0.407 e. The molecule has 1 aromatic heterocycles. The van der Waals surface area contributed by atoms with Crippen LogP contribution in [0.25, 0.3) is 10.9 Å². The zero-order valence-corrected chi connectivity index (χ0v) is 19.2. The van der Waals surface area contributed by atoms with Gasteiger partial charge in [0.2, 0.25) is 0 Å². The zero-order valence-electron chi connectivity index (χ0n) is 18.4. The Bertz CT molecular complexity index is 1260. The average molecular weight is 462 g/mol. The minimum absolute atomic E-state index is 0.192. The second kappa shape index (κ2) is 10.3. The van der Waals surface area contributed by atoms with Gasteiger partial charge in [-0.3, -0.25) is 0 Å². The molecule has 4 rings (SSSR count). The number of methoxy groups -OCH3 is 1. The van der Waals surface area contributed by atoms with Gasteiger partial charge >= 0.3 is 6.09 Å². The Morgan fingerprint density at radius 2 is 1.76 bits per heavy atom. The lowest BCUT2D eigenvalue weighted by Crippen LogP contribution is -2.30. The van der Waals surface area contributed by atoms with Gasteiger partial charge in [0.15, 0.2) is 0 Å². The average Bonchev–Trinajstić information content (AvgIpc) is 2.84. The first-order valence-electron chi connectivity index (χ1n) is 10.6. The molecular weight excluding hydrogens is 438 g/mol. The highest BCUT2D eigenvalue weighted by Gasteiger charge is 2.23. The summed E-state index contributed by atoms with van der Waals surface area (Å²) in [6.45, 7) is 2.45. The number of ether oxygens (including phenoxy) is 2. The number of halogens is 1. The van der Waals surface area contributed by atoms with Crippen LogP contribution in [0.4, 0.5) is 4.79 Å². The summed E-state index contributed by atoms with van der Waals surface area (Å²) in [6.07, 6.45) is -0.512. The molecule has 1 N–H and O–H groups in total. The molecule has 0 fully saturated rings. The highest BCUT2D eigenvalue weighted by Crippen LogP contribution is 2.32. The predicted octanol–water partition coefficient (Wildman–Crippen LogP) is 5.66. The number of hydrogen-bond donors (Lipinski definition) is 1. The van der Waals surface area contributed by atoms with Gasteiger partial charge in [0, 0.05) is 11.9 Å². The fourth-order valence-corrected chi connectivity index (χ4v) is 3.94. The van der Waals surface area contributed by atoms with Gasteiger partial charge in [-0.05, 0) is 35.7 Å². The molecule has 1 unspecified atom stereocenters. The number of carbonyl (C=O) groups is 1. The number of benzene rings is 3. The van der Waals surface area contributed by atoms with Crippen LogP contribution >= 0.6 is 11.6 Å². The molecule has 6 nitrogen and oxygen atoms in total. The molecule has 0 aliphatic rings. The molecule has 0 spiro atoms. The van der Waals surface area contributed by atoms with Crippen molar-refractivity contribution in [2.45, 2.75) is 19.4 Å². The van der Waals surface area contributed by atoms with E-state index >= 15 is 0 Å².